The predicted octanol–water partition coefficient (Wildman–Crippen LogP) is 6.04. The van der Waals surface area contributed by atoms with Gasteiger partial charge in [0.15, 0.2) is 23.1 Å². The van der Waals surface area contributed by atoms with Crippen molar-refractivity contribution >= 4 is 17.4 Å². The number of benzene rings is 3. The average molecular weight is 636 g/mol. The third-order valence-electron chi connectivity index (χ3n) is 8.95. The first kappa shape index (κ1) is 29.6. The van der Waals surface area contributed by atoms with Gasteiger partial charge in [0.05, 0.1) is 23.7 Å². The van der Waals surface area contributed by atoms with Crippen LogP contribution in [0.5, 0.6) is 17.2 Å². The minimum Gasteiger partial charge on any atom is -0.494 e. The number of aromatic nitrogens is 1. The molecule has 0 N–H and O–H groups in total. The molecule has 3 aromatic carbocycles. The van der Waals surface area contributed by atoms with E-state index in [9.17, 15) is 13.6 Å². The molecule has 4 heterocycles. The van der Waals surface area contributed by atoms with Crippen molar-refractivity contribution in [3.05, 3.63) is 99.1 Å². The molecule has 234 valence electrons. The first-order chi connectivity index (χ1) is 21.8. The van der Waals surface area contributed by atoms with E-state index in [4.69, 9.17) is 14.2 Å². The molecule has 7 rings (SSSR count). The summed E-state index contributed by atoms with van der Waals surface area (Å²) in [5.41, 5.74) is 2.09. The van der Waals surface area contributed by atoms with Crippen LogP contribution in [0.1, 0.15) is 22.7 Å². The van der Waals surface area contributed by atoms with Gasteiger partial charge in [0.2, 0.25) is 6.79 Å². The first-order valence-electron chi connectivity index (χ1n) is 14.9. The fraction of sp³-hybridized carbons (Fsp3) is 0.324. The Labute approximate surface area is 263 Å². The fourth-order valence-corrected chi connectivity index (χ4v) is 7.91. The van der Waals surface area contributed by atoms with Crippen molar-refractivity contribution in [2.24, 2.45) is 0 Å². The molecule has 3 aliphatic rings. The highest BCUT2D eigenvalue weighted by Gasteiger charge is 2.34. The number of fused-ring (bicyclic) bond motifs is 2. The Kier molecular flexibility index (Phi) is 7.91. The molecule has 0 amide bonds. The van der Waals surface area contributed by atoms with Crippen LogP contribution < -0.4 is 24.7 Å². The smallest absolute Gasteiger partial charge is 0.260 e. The summed E-state index contributed by atoms with van der Waals surface area (Å²) in [6.45, 7) is 5.75. The van der Waals surface area contributed by atoms with Crippen LogP contribution in [0.15, 0.2) is 64.4 Å². The average Bonchev–Trinajstić information content (AvgIpc) is 3.69. The Morgan fingerprint density at radius 1 is 0.933 bits per heavy atom. The monoisotopic (exact) mass is 635 g/mol. The SMILES string of the molecule is COc1cccc(-c2c(C)c(Cc3c(F)cccc3F)c3n(c2=O)C(CN2CCN(c4ccc5c(c4)OCO5)CC2)CS3)c1F. The summed E-state index contributed by atoms with van der Waals surface area (Å²) < 4.78 is 63.3. The van der Waals surface area contributed by atoms with E-state index in [1.54, 1.807) is 23.6 Å². The van der Waals surface area contributed by atoms with Crippen molar-refractivity contribution in [2.45, 2.75) is 24.4 Å². The molecule has 0 bridgehead atoms. The van der Waals surface area contributed by atoms with Gasteiger partial charge in [-0.15, -0.1) is 11.8 Å². The summed E-state index contributed by atoms with van der Waals surface area (Å²) in [6, 6.07) is 14.2. The number of nitrogens with zero attached hydrogens (tertiary/aromatic N) is 3. The number of ether oxygens (including phenoxy) is 3. The number of anilines is 1. The molecular formula is C34H32F3N3O4S. The Morgan fingerprint density at radius 3 is 2.42 bits per heavy atom. The fourth-order valence-electron chi connectivity index (χ4n) is 6.54. The second-order valence-corrected chi connectivity index (χ2v) is 12.5. The van der Waals surface area contributed by atoms with Crippen LogP contribution in [0, 0.1) is 24.4 Å². The van der Waals surface area contributed by atoms with Crippen molar-refractivity contribution in [1.29, 1.82) is 0 Å². The zero-order valence-electron chi connectivity index (χ0n) is 24.9. The molecule has 0 spiro atoms. The number of hydrogen-bond donors (Lipinski definition) is 0. The Balaban J connectivity index is 1.22. The van der Waals surface area contributed by atoms with Crippen molar-refractivity contribution in [1.82, 2.24) is 9.47 Å². The van der Waals surface area contributed by atoms with E-state index in [2.05, 4.69) is 9.80 Å². The molecule has 1 unspecified atom stereocenters. The molecule has 11 heteroatoms. The third kappa shape index (κ3) is 5.31. The molecule has 1 saturated heterocycles. The van der Waals surface area contributed by atoms with Gasteiger partial charge in [0.1, 0.15) is 11.6 Å². The van der Waals surface area contributed by atoms with E-state index >= 15 is 4.39 Å². The molecule has 1 aromatic heterocycles. The van der Waals surface area contributed by atoms with Gasteiger partial charge in [-0.05, 0) is 48.4 Å². The van der Waals surface area contributed by atoms with Crippen LogP contribution in [-0.2, 0) is 6.42 Å². The zero-order chi connectivity index (χ0) is 31.2. The Bertz CT molecular complexity index is 1820. The molecule has 3 aliphatic heterocycles. The largest absolute Gasteiger partial charge is 0.494 e. The lowest BCUT2D eigenvalue weighted by Gasteiger charge is -2.37. The van der Waals surface area contributed by atoms with E-state index < -0.39 is 17.5 Å². The number of methoxy groups -OCH3 is 1. The minimum absolute atomic E-state index is 0.0183. The lowest BCUT2D eigenvalue weighted by molar-refractivity contribution is 0.174. The maximum atomic E-state index is 15.7. The van der Waals surface area contributed by atoms with E-state index in [-0.39, 0.29) is 47.3 Å². The molecule has 1 fully saturated rings. The number of thioether (sulfide) groups is 1. The molecular weight excluding hydrogens is 603 g/mol. The van der Waals surface area contributed by atoms with Crippen LogP contribution in [0.2, 0.25) is 0 Å². The summed E-state index contributed by atoms with van der Waals surface area (Å²) >= 11 is 1.51. The maximum Gasteiger partial charge on any atom is 0.260 e. The van der Waals surface area contributed by atoms with Crippen LogP contribution in [0.4, 0.5) is 18.9 Å². The second kappa shape index (κ2) is 12.0. The summed E-state index contributed by atoms with van der Waals surface area (Å²) in [5.74, 6) is 0.171. The van der Waals surface area contributed by atoms with Crippen molar-refractivity contribution in [2.75, 3.05) is 57.3 Å². The summed E-state index contributed by atoms with van der Waals surface area (Å²) in [5, 5.41) is 0.677. The third-order valence-corrected chi connectivity index (χ3v) is 10.2. The molecule has 0 radical (unpaired) electrons. The number of hydrogen-bond acceptors (Lipinski definition) is 7. The van der Waals surface area contributed by atoms with Crippen LogP contribution >= 0.6 is 11.8 Å². The van der Waals surface area contributed by atoms with E-state index in [1.807, 2.05) is 18.2 Å². The number of halogens is 3. The van der Waals surface area contributed by atoms with E-state index in [1.165, 1.54) is 43.1 Å². The van der Waals surface area contributed by atoms with Gasteiger partial charge >= 0.3 is 0 Å². The highest BCUT2D eigenvalue weighted by atomic mass is 32.2. The standard InChI is InChI=1S/C34H32F3N3O4S/c1-20-24(16-25-26(35)6-4-7-27(25)36)34-40(33(41)31(20)23-5-3-8-29(42-2)32(23)37)22(18-45-34)17-38-11-13-39(14-12-38)21-9-10-28-30(15-21)44-19-43-28/h3-10,15,22H,11-14,16-19H2,1-2H3. The number of rotatable bonds is 7. The lowest BCUT2D eigenvalue weighted by atomic mass is 9.94. The van der Waals surface area contributed by atoms with E-state index in [0.29, 0.717) is 28.5 Å². The molecule has 4 aromatic rings. The normalized spacial score (nSPS) is 17.5. The van der Waals surface area contributed by atoms with Gasteiger partial charge in [0.25, 0.3) is 5.56 Å². The quantitative estimate of drug-likeness (QED) is 0.246. The topological polar surface area (TPSA) is 56.2 Å². The molecule has 7 nitrogen and oxygen atoms in total. The Hall–Kier alpha value is -4.09. The van der Waals surface area contributed by atoms with Gasteiger partial charge in [-0.3, -0.25) is 14.3 Å². The highest BCUT2D eigenvalue weighted by Crippen LogP contribution is 2.41. The number of piperazine rings is 1. The Morgan fingerprint density at radius 2 is 1.67 bits per heavy atom. The second-order valence-electron chi connectivity index (χ2n) is 11.4. The summed E-state index contributed by atoms with van der Waals surface area (Å²) in [7, 11) is 1.37. The lowest BCUT2D eigenvalue weighted by Crippen LogP contribution is -2.48. The van der Waals surface area contributed by atoms with Crippen LogP contribution in [0.25, 0.3) is 11.1 Å². The van der Waals surface area contributed by atoms with Crippen molar-refractivity contribution in [3.63, 3.8) is 0 Å². The molecule has 0 aliphatic carbocycles. The van der Waals surface area contributed by atoms with Gasteiger partial charge in [-0.25, -0.2) is 13.2 Å². The first-order valence-corrected chi connectivity index (χ1v) is 15.9. The van der Waals surface area contributed by atoms with Crippen molar-refractivity contribution < 1.29 is 27.4 Å². The summed E-state index contributed by atoms with van der Waals surface area (Å²) in [4.78, 5) is 18.9. The van der Waals surface area contributed by atoms with Crippen LogP contribution in [-0.4, -0.2) is 61.8 Å². The van der Waals surface area contributed by atoms with Crippen molar-refractivity contribution in [3.8, 4) is 28.4 Å². The van der Waals surface area contributed by atoms with E-state index in [0.717, 1.165) is 43.4 Å². The van der Waals surface area contributed by atoms with Crippen LogP contribution in [0.3, 0.4) is 0 Å². The van der Waals surface area contributed by atoms with Gasteiger partial charge < -0.3 is 19.1 Å². The minimum atomic E-state index is -0.659. The summed E-state index contributed by atoms with van der Waals surface area (Å²) in [6.07, 6.45) is -0.0630. The molecule has 45 heavy (non-hydrogen) atoms. The maximum absolute atomic E-state index is 15.7. The van der Waals surface area contributed by atoms with Gasteiger partial charge in [0, 0.05) is 67.8 Å². The highest BCUT2D eigenvalue weighted by molar-refractivity contribution is 7.99. The predicted molar refractivity (Wildman–Crippen MR) is 168 cm³/mol. The molecule has 1 atom stereocenters. The van der Waals surface area contributed by atoms with Gasteiger partial charge in [-0.2, -0.15) is 0 Å². The van der Waals surface area contributed by atoms with Gasteiger partial charge in [-0.1, -0.05) is 18.2 Å². The zero-order valence-corrected chi connectivity index (χ0v) is 25.8. The molecule has 0 saturated carbocycles. The number of pyridine rings is 1.